The molecule has 1 aromatic heterocycles. The number of amides is 1. The first-order valence-electron chi connectivity index (χ1n) is 6.95. The summed E-state index contributed by atoms with van der Waals surface area (Å²) in [5, 5.41) is 14.0. The summed E-state index contributed by atoms with van der Waals surface area (Å²) in [6, 6.07) is 4.34. The number of carbonyl (C=O) groups excluding carboxylic acids is 1. The van der Waals surface area contributed by atoms with Crippen LogP contribution in [-0.2, 0) is 0 Å². The van der Waals surface area contributed by atoms with E-state index in [1.807, 2.05) is 0 Å². The zero-order valence-corrected chi connectivity index (χ0v) is 13.9. The standard InChI is InChI=1S/C14H15ClFN5O.ClH/c1-8-13(14(22)18-9-4-5-17-7-9)19-20-21(8)10-2-3-12(16)11(15)6-10;/h2-3,6,9,17H,4-5,7H2,1H3,(H,18,22);1H. The fourth-order valence-corrected chi connectivity index (χ4v) is 2.61. The average molecular weight is 360 g/mol. The lowest BCUT2D eigenvalue weighted by molar-refractivity contribution is 0.0934. The van der Waals surface area contributed by atoms with E-state index < -0.39 is 5.82 Å². The summed E-state index contributed by atoms with van der Waals surface area (Å²) in [5.74, 6) is -0.763. The Kier molecular flexibility index (Phi) is 5.56. The molecule has 23 heavy (non-hydrogen) atoms. The van der Waals surface area contributed by atoms with E-state index in [1.165, 1.54) is 22.9 Å². The fraction of sp³-hybridized carbons (Fsp3) is 0.357. The highest BCUT2D eigenvalue weighted by Crippen LogP contribution is 2.20. The Morgan fingerprint density at radius 1 is 1.52 bits per heavy atom. The second-order valence-corrected chi connectivity index (χ2v) is 5.60. The molecule has 1 aliphatic heterocycles. The third kappa shape index (κ3) is 3.63. The van der Waals surface area contributed by atoms with Gasteiger partial charge in [-0.25, -0.2) is 9.07 Å². The van der Waals surface area contributed by atoms with Gasteiger partial charge in [-0.15, -0.1) is 17.5 Å². The zero-order chi connectivity index (χ0) is 15.7. The number of nitrogens with one attached hydrogen (secondary N) is 2. The summed E-state index contributed by atoms with van der Waals surface area (Å²) in [5.41, 5.74) is 1.39. The molecule has 1 atom stereocenters. The first kappa shape index (κ1) is 17.7. The number of carbonyl (C=O) groups is 1. The normalized spacial score (nSPS) is 16.9. The molecule has 1 aliphatic rings. The van der Waals surface area contributed by atoms with Crippen LogP contribution in [0.15, 0.2) is 18.2 Å². The van der Waals surface area contributed by atoms with Crippen molar-refractivity contribution in [3.8, 4) is 5.69 Å². The van der Waals surface area contributed by atoms with Gasteiger partial charge in [0.15, 0.2) is 5.69 Å². The molecule has 1 amide bonds. The molecule has 1 fully saturated rings. The first-order valence-corrected chi connectivity index (χ1v) is 7.33. The zero-order valence-electron chi connectivity index (χ0n) is 12.3. The van der Waals surface area contributed by atoms with Crippen molar-refractivity contribution in [1.82, 2.24) is 25.6 Å². The minimum atomic E-state index is -0.505. The number of hydrogen-bond donors (Lipinski definition) is 2. The number of benzene rings is 1. The highest BCUT2D eigenvalue weighted by molar-refractivity contribution is 6.30. The van der Waals surface area contributed by atoms with Crippen LogP contribution in [0.1, 0.15) is 22.6 Å². The summed E-state index contributed by atoms with van der Waals surface area (Å²) in [7, 11) is 0. The topological polar surface area (TPSA) is 71.8 Å². The minimum Gasteiger partial charge on any atom is -0.347 e. The minimum absolute atomic E-state index is 0. The van der Waals surface area contributed by atoms with Crippen molar-refractivity contribution in [2.75, 3.05) is 13.1 Å². The van der Waals surface area contributed by atoms with Crippen LogP contribution in [0.5, 0.6) is 0 Å². The molecule has 3 rings (SSSR count). The molecule has 0 spiro atoms. The van der Waals surface area contributed by atoms with E-state index in [9.17, 15) is 9.18 Å². The van der Waals surface area contributed by atoms with Crippen molar-refractivity contribution < 1.29 is 9.18 Å². The van der Waals surface area contributed by atoms with E-state index in [2.05, 4.69) is 20.9 Å². The van der Waals surface area contributed by atoms with Crippen LogP contribution in [0.4, 0.5) is 4.39 Å². The van der Waals surface area contributed by atoms with Crippen LogP contribution in [0.3, 0.4) is 0 Å². The molecule has 0 aliphatic carbocycles. The molecule has 0 saturated carbocycles. The van der Waals surface area contributed by atoms with Gasteiger partial charge in [-0.1, -0.05) is 16.8 Å². The Labute approximate surface area is 143 Å². The van der Waals surface area contributed by atoms with Crippen LogP contribution in [0, 0.1) is 12.7 Å². The van der Waals surface area contributed by atoms with Crippen molar-refractivity contribution in [3.05, 3.63) is 40.4 Å². The Bertz CT molecular complexity index is 715. The lowest BCUT2D eigenvalue weighted by Crippen LogP contribution is -2.36. The summed E-state index contributed by atoms with van der Waals surface area (Å²) < 4.78 is 14.7. The largest absolute Gasteiger partial charge is 0.347 e. The maximum Gasteiger partial charge on any atom is 0.274 e. The van der Waals surface area contributed by atoms with E-state index in [1.54, 1.807) is 6.92 Å². The van der Waals surface area contributed by atoms with Crippen LogP contribution in [-0.4, -0.2) is 40.0 Å². The average Bonchev–Trinajstić information content (AvgIpc) is 3.11. The molecule has 0 radical (unpaired) electrons. The second-order valence-electron chi connectivity index (χ2n) is 5.20. The molecular weight excluding hydrogens is 344 g/mol. The Balaban J connectivity index is 0.00000192. The van der Waals surface area contributed by atoms with Crippen molar-refractivity contribution in [2.24, 2.45) is 0 Å². The molecule has 2 heterocycles. The second kappa shape index (κ2) is 7.25. The fourth-order valence-electron chi connectivity index (χ4n) is 2.43. The van der Waals surface area contributed by atoms with E-state index in [0.29, 0.717) is 11.4 Å². The smallest absolute Gasteiger partial charge is 0.274 e. The van der Waals surface area contributed by atoms with Gasteiger partial charge < -0.3 is 10.6 Å². The molecule has 9 heteroatoms. The van der Waals surface area contributed by atoms with Gasteiger partial charge in [-0.2, -0.15) is 0 Å². The molecule has 2 aromatic rings. The Morgan fingerprint density at radius 3 is 2.96 bits per heavy atom. The number of nitrogens with zero attached hydrogens (tertiary/aromatic N) is 3. The van der Waals surface area contributed by atoms with E-state index >= 15 is 0 Å². The van der Waals surface area contributed by atoms with E-state index in [0.717, 1.165) is 19.5 Å². The predicted molar refractivity (Wildman–Crippen MR) is 87.1 cm³/mol. The monoisotopic (exact) mass is 359 g/mol. The number of hydrogen-bond acceptors (Lipinski definition) is 4. The first-order chi connectivity index (χ1) is 10.6. The van der Waals surface area contributed by atoms with Gasteiger partial charge in [0.1, 0.15) is 5.82 Å². The summed E-state index contributed by atoms with van der Waals surface area (Å²) in [6.07, 6.45) is 0.895. The Hall–Kier alpha value is -1.70. The molecule has 1 aromatic carbocycles. The van der Waals surface area contributed by atoms with Crippen LogP contribution < -0.4 is 10.6 Å². The van der Waals surface area contributed by atoms with Gasteiger partial charge in [0.25, 0.3) is 5.91 Å². The molecule has 0 bridgehead atoms. The molecule has 1 unspecified atom stereocenters. The van der Waals surface area contributed by atoms with E-state index in [-0.39, 0.29) is 35.1 Å². The van der Waals surface area contributed by atoms with Crippen LogP contribution >= 0.6 is 24.0 Å². The maximum atomic E-state index is 13.2. The van der Waals surface area contributed by atoms with Crippen LogP contribution in [0.25, 0.3) is 5.69 Å². The maximum absolute atomic E-state index is 13.2. The lowest BCUT2D eigenvalue weighted by Gasteiger charge is -2.10. The summed E-state index contributed by atoms with van der Waals surface area (Å²) in [4.78, 5) is 12.2. The third-order valence-corrected chi connectivity index (χ3v) is 3.94. The van der Waals surface area contributed by atoms with Gasteiger partial charge in [0.2, 0.25) is 0 Å². The van der Waals surface area contributed by atoms with Gasteiger partial charge >= 0.3 is 0 Å². The van der Waals surface area contributed by atoms with Crippen molar-refractivity contribution in [3.63, 3.8) is 0 Å². The highest BCUT2D eigenvalue weighted by Gasteiger charge is 2.22. The lowest BCUT2D eigenvalue weighted by atomic mass is 10.2. The number of halogens is 3. The molecule has 2 N–H and O–H groups in total. The van der Waals surface area contributed by atoms with Crippen LogP contribution in [0.2, 0.25) is 5.02 Å². The number of rotatable bonds is 3. The summed E-state index contributed by atoms with van der Waals surface area (Å²) >= 11 is 5.78. The van der Waals surface area contributed by atoms with Gasteiger partial charge in [0, 0.05) is 12.6 Å². The van der Waals surface area contributed by atoms with Crippen molar-refractivity contribution >= 4 is 29.9 Å². The third-order valence-electron chi connectivity index (χ3n) is 3.65. The SMILES string of the molecule is Cc1c(C(=O)NC2CCNC2)nnn1-c1ccc(F)c(Cl)c1.Cl. The van der Waals surface area contributed by atoms with Gasteiger partial charge in [-0.05, 0) is 38.1 Å². The number of aromatic nitrogens is 3. The summed E-state index contributed by atoms with van der Waals surface area (Å²) in [6.45, 7) is 3.39. The molecular formula is C14H16Cl2FN5O. The van der Waals surface area contributed by atoms with Crippen molar-refractivity contribution in [2.45, 2.75) is 19.4 Å². The van der Waals surface area contributed by atoms with Gasteiger partial charge in [-0.3, -0.25) is 4.79 Å². The molecule has 124 valence electrons. The van der Waals surface area contributed by atoms with E-state index in [4.69, 9.17) is 11.6 Å². The molecule has 6 nitrogen and oxygen atoms in total. The van der Waals surface area contributed by atoms with Crippen molar-refractivity contribution in [1.29, 1.82) is 0 Å². The predicted octanol–water partition coefficient (Wildman–Crippen LogP) is 1.88. The van der Waals surface area contributed by atoms with Gasteiger partial charge in [0.05, 0.1) is 16.4 Å². The molecule has 1 saturated heterocycles. The highest BCUT2D eigenvalue weighted by atomic mass is 35.5. The Morgan fingerprint density at radius 2 is 2.30 bits per heavy atom. The quantitative estimate of drug-likeness (QED) is 0.877.